The van der Waals surface area contributed by atoms with Crippen LogP contribution in [0.25, 0.3) is 11.3 Å². The average molecular weight is 391 g/mol. The molecule has 0 saturated heterocycles. The Morgan fingerprint density at radius 3 is 2.79 bits per heavy atom. The van der Waals surface area contributed by atoms with E-state index in [9.17, 15) is 4.79 Å². The van der Waals surface area contributed by atoms with Gasteiger partial charge in [0.25, 0.3) is 5.91 Å². The zero-order valence-electron chi connectivity index (χ0n) is 16.9. The van der Waals surface area contributed by atoms with Gasteiger partial charge in [0.2, 0.25) is 11.8 Å². The minimum Gasteiger partial charge on any atom is -0.438 e. The SMILES string of the molecule is CCCCNC(=O)c1ccc(C)c(Oc2ncccc2-c2ccnc(NC)n2)c1. The van der Waals surface area contributed by atoms with Crippen LogP contribution in [0, 0.1) is 6.92 Å². The minimum atomic E-state index is -0.112. The van der Waals surface area contributed by atoms with Crippen molar-refractivity contribution in [3.63, 3.8) is 0 Å². The molecule has 2 N–H and O–H groups in total. The fourth-order valence-corrected chi connectivity index (χ4v) is 2.73. The number of ether oxygens (including phenoxy) is 1. The van der Waals surface area contributed by atoms with Gasteiger partial charge >= 0.3 is 0 Å². The van der Waals surface area contributed by atoms with Gasteiger partial charge in [0.15, 0.2) is 0 Å². The first-order valence-electron chi connectivity index (χ1n) is 9.65. The van der Waals surface area contributed by atoms with Gasteiger partial charge in [0, 0.05) is 31.5 Å². The van der Waals surface area contributed by atoms with E-state index >= 15 is 0 Å². The smallest absolute Gasteiger partial charge is 0.251 e. The van der Waals surface area contributed by atoms with Crippen molar-refractivity contribution in [1.29, 1.82) is 0 Å². The lowest BCUT2D eigenvalue weighted by Crippen LogP contribution is -2.24. The third-order valence-corrected chi connectivity index (χ3v) is 4.40. The molecule has 0 aliphatic rings. The summed E-state index contributed by atoms with van der Waals surface area (Å²) in [6.45, 7) is 4.68. The first-order valence-corrected chi connectivity index (χ1v) is 9.65. The number of hydrogen-bond acceptors (Lipinski definition) is 6. The molecule has 150 valence electrons. The van der Waals surface area contributed by atoms with Crippen LogP contribution in [0.3, 0.4) is 0 Å². The number of anilines is 1. The first-order chi connectivity index (χ1) is 14.1. The standard InChI is InChI=1S/C22H25N5O2/c1-4-5-11-24-20(28)16-9-8-15(2)19(14-16)29-21-17(7-6-12-25-21)18-10-13-26-22(23-3)27-18/h6-10,12-14H,4-5,11H2,1-3H3,(H,24,28)(H,23,26,27). The second-order valence-corrected chi connectivity index (χ2v) is 6.56. The second kappa shape index (κ2) is 9.64. The number of aromatic nitrogens is 3. The number of carbonyl (C=O) groups excluding carboxylic acids is 1. The molecule has 7 heteroatoms. The summed E-state index contributed by atoms with van der Waals surface area (Å²) in [4.78, 5) is 25.4. The van der Waals surface area contributed by atoms with E-state index in [1.165, 1.54) is 0 Å². The van der Waals surface area contributed by atoms with Crippen molar-refractivity contribution in [2.24, 2.45) is 0 Å². The molecule has 0 saturated carbocycles. The molecule has 0 aliphatic heterocycles. The molecule has 29 heavy (non-hydrogen) atoms. The molecule has 0 fully saturated rings. The molecule has 0 atom stereocenters. The van der Waals surface area contributed by atoms with Gasteiger partial charge in [-0.2, -0.15) is 0 Å². The van der Waals surface area contributed by atoms with Gasteiger partial charge in [-0.05, 0) is 49.2 Å². The lowest BCUT2D eigenvalue weighted by molar-refractivity contribution is 0.0953. The van der Waals surface area contributed by atoms with Crippen molar-refractivity contribution in [2.45, 2.75) is 26.7 Å². The summed E-state index contributed by atoms with van der Waals surface area (Å²) < 4.78 is 6.11. The van der Waals surface area contributed by atoms with Gasteiger partial charge in [0.1, 0.15) is 5.75 Å². The summed E-state index contributed by atoms with van der Waals surface area (Å²) >= 11 is 0. The lowest BCUT2D eigenvalue weighted by atomic mass is 10.1. The molecule has 0 spiro atoms. The molecule has 0 radical (unpaired) electrons. The van der Waals surface area contributed by atoms with Crippen molar-refractivity contribution in [2.75, 3.05) is 18.9 Å². The number of nitrogens with zero attached hydrogens (tertiary/aromatic N) is 3. The molecule has 2 aromatic heterocycles. The molecule has 0 aliphatic carbocycles. The minimum absolute atomic E-state index is 0.112. The number of benzene rings is 1. The topological polar surface area (TPSA) is 89.0 Å². The van der Waals surface area contributed by atoms with Crippen LogP contribution in [0.4, 0.5) is 5.95 Å². The summed E-state index contributed by atoms with van der Waals surface area (Å²) in [7, 11) is 1.76. The Morgan fingerprint density at radius 2 is 2.00 bits per heavy atom. The first kappa shape index (κ1) is 20.3. The zero-order chi connectivity index (χ0) is 20.6. The monoisotopic (exact) mass is 391 g/mol. The van der Waals surface area contributed by atoms with E-state index in [4.69, 9.17) is 4.74 Å². The van der Waals surface area contributed by atoms with E-state index < -0.39 is 0 Å². The largest absolute Gasteiger partial charge is 0.438 e. The van der Waals surface area contributed by atoms with Gasteiger partial charge in [-0.3, -0.25) is 4.79 Å². The van der Waals surface area contributed by atoms with Gasteiger partial charge in [-0.25, -0.2) is 15.0 Å². The molecule has 7 nitrogen and oxygen atoms in total. The number of aryl methyl sites for hydroxylation is 1. The Hall–Kier alpha value is -3.48. The van der Waals surface area contributed by atoms with Crippen LogP contribution in [0.1, 0.15) is 35.7 Å². The highest BCUT2D eigenvalue weighted by atomic mass is 16.5. The Balaban J connectivity index is 1.88. The Morgan fingerprint density at radius 1 is 1.14 bits per heavy atom. The molecule has 2 heterocycles. The summed E-state index contributed by atoms with van der Waals surface area (Å²) in [6, 6.07) is 10.9. The molecule has 0 bridgehead atoms. The number of rotatable bonds is 8. The average Bonchev–Trinajstić information content (AvgIpc) is 2.75. The van der Waals surface area contributed by atoms with E-state index in [1.54, 1.807) is 37.6 Å². The van der Waals surface area contributed by atoms with Crippen LogP contribution in [0.2, 0.25) is 0 Å². The van der Waals surface area contributed by atoms with Crippen molar-refractivity contribution >= 4 is 11.9 Å². The number of pyridine rings is 1. The molecular formula is C22H25N5O2. The molecule has 0 unspecified atom stereocenters. The Kier molecular flexibility index (Phi) is 6.73. The third kappa shape index (κ3) is 5.07. The highest BCUT2D eigenvalue weighted by Gasteiger charge is 2.14. The molecule has 3 rings (SSSR count). The van der Waals surface area contributed by atoms with Crippen molar-refractivity contribution in [3.05, 3.63) is 59.9 Å². The van der Waals surface area contributed by atoms with Crippen LogP contribution in [-0.2, 0) is 0 Å². The van der Waals surface area contributed by atoms with E-state index in [0.29, 0.717) is 35.4 Å². The van der Waals surface area contributed by atoms with Crippen LogP contribution in [0.15, 0.2) is 48.8 Å². The van der Waals surface area contributed by atoms with Crippen molar-refractivity contribution < 1.29 is 9.53 Å². The Labute approximate surface area is 170 Å². The predicted molar refractivity (Wildman–Crippen MR) is 113 cm³/mol. The van der Waals surface area contributed by atoms with Gasteiger partial charge in [0.05, 0.1) is 11.3 Å². The maximum Gasteiger partial charge on any atom is 0.251 e. The summed E-state index contributed by atoms with van der Waals surface area (Å²) in [5.74, 6) is 1.40. The quantitative estimate of drug-likeness (QED) is 0.559. The van der Waals surface area contributed by atoms with E-state index in [2.05, 4.69) is 32.5 Å². The van der Waals surface area contributed by atoms with Crippen LogP contribution >= 0.6 is 0 Å². The van der Waals surface area contributed by atoms with Crippen LogP contribution < -0.4 is 15.4 Å². The van der Waals surface area contributed by atoms with E-state index in [-0.39, 0.29) is 5.91 Å². The number of carbonyl (C=O) groups is 1. The van der Waals surface area contributed by atoms with Gasteiger partial charge < -0.3 is 15.4 Å². The number of nitrogens with one attached hydrogen (secondary N) is 2. The highest BCUT2D eigenvalue weighted by Crippen LogP contribution is 2.32. The van der Waals surface area contributed by atoms with Crippen molar-refractivity contribution in [3.8, 4) is 22.9 Å². The number of unbranched alkanes of at least 4 members (excludes halogenated alkanes) is 1. The van der Waals surface area contributed by atoms with Gasteiger partial charge in [-0.1, -0.05) is 19.4 Å². The van der Waals surface area contributed by atoms with Gasteiger partial charge in [-0.15, -0.1) is 0 Å². The third-order valence-electron chi connectivity index (χ3n) is 4.40. The summed E-state index contributed by atoms with van der Waals surface area (Å²) in [5.41, 5.74) is 2.89. The van der Waals surface area contributed by atoms with Crippen LogP contribution in [-0.4, -0.2) is 34.5 Å². The van der Waals surface area contributed by atoms with E-state index in [1.807, 2.05) is 25.1 Å². The summed E-state index contributed by atoms with van der Waals surface area (Å²) in [5, 5.41) is 5.85. The molecular weight excluding hydrogens is 366 g/mol. The fraction of sp³-hybridized carbons (Fsp3) is 0.273. The molecule has 1 aromatic carbocycles. The Bertz CT molecular complexity index is 990. The molecule has 1 amide bonds. The zero-order valence-corrected chi connectivity index (χ0v) is 16.9. The second-order valence-electron chi connectivity index (χ2n) is 6.56. The maximum absolute atomic E-state index is 12.4. The molecule has 3 aromatic rings. The maximum atomic E-state index is 12.4. The lowest BCUT2D eigenvalue weighted by Gasteiger charge is -2.13. The summed E-state index contributed by atoms with van der Waals surface area (Å²) in [6.07, 6.45) is 5.32. The van der Waals surface area contributed by atoms with Crippen molar-refractivity contribution in [1.82, 2.24) is 20.3 Å². The fourth-order valence-electron chi connectivity index (χ4n) is 2.73. The predicted octanol–water partition coefficient (Wildman–Crippen LogP) is 4.21. The highest BCUT2D eigenvalue weighted by molar-refractivity contribution is 5.94. The van der Waals surface area contributed by atoms with Crippen LogP contribution in [0.5, 0.6) is 11.6 Å². The number of hydrogen-bond donors (Lipinski definition) is 2. The normalized spacial score (nSPS) is 10.4. The number of amides is 1. The van der Waals surface area contributed by atoms with E-state index in [0.717, 1.165) is 24.0 Å².